The fraction of sp³-hybridized carbons (Fsp3) is 0.250. The number of hydrogen-bond donors (Lipinski definition) is 1. The molecule has 1 aromatic heterocycles. The van der Waals surface area contributed by atoms with Gasteiger partial charge in [-0.05, 0) is 23.1 Å². The number of thiophene rings is 1. The largest absolute Gasteiger partial charge is 0.324 e. The summed E-state index contributed by atoms with van der Waals surface area (Å²) in [6.45, 7) is 0. The van der Waals surface area contributed by atoms with Crippen LogP contribution in [0.3, 0.4) is 0 Å². The number of fused-ring (bicyclic) bond motifs is 4. The van der Waals surface area contributed by atoms with Crippen molar-refractivity contribution in [2.75, 3.05) is 16.9 Å². The molecule has 4 heterocycles. The van der Waals surface area contributed by atoms with Crippen LogP contribution in [-0.4, -0.2) is 39.2 Å². The number of anilines is 1. The van der Waals surface area contributed by atoms with Crippen molar-refractivity contribution in [3.63, 3.8) is 0 Å². The minimum atomic E-state index is -1.15. The predicted octanol–water partition coefficient (Wildman–Crippen LogP) is 4.48. The molecule has 6 rings (SSSR count). The number of benzene rings is 2. The zero-order chi connectivity index (χ0) is 22.7. The van der Waals surface area contributed by atoms with Crippen LogP contribution in [0.1, 0.15) is 26.7 Å². The molecule has 2 saturated heterocycles. The molecule has 2 fully saturated rings. The topological polar surface area (TPSA) is 92.5 Å². The highest BCUT2D eigenvalue weighted by atomic mass is 32.2. The lowest BCUT2D eigenvalue weighted by Gasteiger charge is -2.36. The molecule has 3 aromatic rings. The molecule has 3 aliphatic heterocycles. The molecule has 0 radical (unpaired) electrons. The molecule has 9 heteroatoms. The standard InChI is InChI=1S/C24H19N3O4S2/c28-22(19-9-4-10-33-19)21-20(14-5-3-6-15(11-14)27(30)31)18-12-32-13-26(18)24(21)16-7-1-2-8-17(16)25-23(24)29/h1-11,18,20-21H,12-13H2,(H,25,29)/t18-,20+,21-,24-/m0/s1. The van der Waals surface area contributed by atoms with E-state index in [1.54, 1.807) is 30.0 Å². The number of rotatable bonds is 4. The summed E-state index contributed by atoms with van der Waals surface area (Å²) in [5, 5.41) is 16.4. The second-order valence-electron chi connectivity index (χ2n) is 8.50. The van der Waals surface area contributed by atoms with Crippen LogP contribution in [0.2, 0.25) is 0 Å². The number of non-ortho nitro benzene ring substituents is 1. The quantitative estimate of drug-likeness (QED) is 0.339. The van der Waals surface area contributed by atoms with E-state index in [0.717, 1.165) is 22.6 Å². The molecule has 4 atom stereocenters. The number of Topliss-reactive ketones (excluding diaryl/α,β-unsaturated/α-hetero) is 1. The molecule has 1 N–H and O–H groups in total. The van der Waals surface area contributed by atoms with E-state index in [0.29, 0.717) is 10.8 Å². The average Bonchev–Trinajstić information content (AvgIpc) is 3.59. The number of para-hydroxylation sites is 1. The van der Waals surface area contributed by atoms with Crippen LogP contribution in [0, 0.1) is 16.0 Å². The SMILES string of the molecule is O=C(c1cccs1)[C@@H]1[C@H](c2cccc([N+](=O)[O-])c2)[C@@H]2CSCN2[C@]12C(=O)Nc1ccccc12. The first kappa shape index (κ1) is 20.6. The normalized spacial score (nSPS) is 28.0. The molecule has 166 valence electrons. The van der Waals surface area contributed by atoms with Gasteiger partial charge in [0.25, 0.3) is 5.69 Å². The van der Waals surface area contributed by atoms with Gasteiger partial charge >= 0.3 is 0 Å². The number of nitro groups is 1. The fourth-order valence-corrected chi connectivity index (χ4v) is 7.85. The summed E-state index contributed by atoms with van der Waals surface area (Å²) in [6.07, 6.45) is 0. The van der Waals surface area contributed by atoms with Gasteiger partial charge in [0.05, 0.1) is 15.7 Å². The smallest absolute Gasteiger partial charge is 0.269 e. The van der Waals surface area contributed by atoms with Gasteiger partial charge < -0.3 is 5.32 Å². The van der Waals surface area contributed by atoms with Crippen molar-refractivity contribution in [2.24, 2.45) is 5.92 Å². The van der Waals surface area contributed by atoms with Gasteiger partial charge in [-0.1, -0.05) is 36.4 Å². The van der Waals surface area contributed by atoms with Gasteiger partial charge in [0.1, 0.15) is 5.54 Å². The maximum absolute atomic E-state index is 14.1. The number of hydrogen-bond acceptors (Lipinski definition) is 7. The summed E-state index contributed by atoms with van der Waals surface area (Å²) in [7, 11) is 0. The van der Waals surface area contributed by atoms with E-state index < -0.39 is 16.4 Å². The molecule has 0 bridgehead atoms. The van der Waals surface area contributed by atoms with Crippen LogP contribution in [0.4, 0.5) is 11.4 Å². The molecule has 0 saturated carbocycles. The van der Waals surface area contributed by atoms with Crippen LogP contribution in [-0.2, 0) is 10.3 Å². The molecule has 7 nitrogen and oxygen atoms in total. The Kier molecular flexibility index (Phi) is 4.69. The first-order valence-electron chi connectivity index (χ1n) is 10.6. The summed E-state index contributed by atoms with van der Waals surface area (Å²) < 4.78 is 0. The number of carbonyl (C=O) groups is 2. The van der Waals surface area contributed by atoms with Crippen molar-refractivity contribution in [3.8, 4) is 0 Å². The Morgan fingerprint density at radius 2 is 2.00 bits per heavy atom. The summed E-state index contributed by atoms with van der Waals surface area (Å²) in [5.41, 5.74) is 1.10. The van der Waals surface area contributed by atoms with Gasteiger partial charge in [0.15, 0.2) is 5.78 Å². The molecule has 0 aliphatic carbocycles. The summed E-state index contributed by atoms with van der Waals surface area (Å²) in [5.74, 6) is 0.0242. The third kappa shape index (κ3) is 2.79. The third-order valence-electron chi connectivity index (χ3n) is 7.04. The van der Waals surface area contributed by atoms with E-state index in [4.69, 9.17) is 0 Å². The molecule has 2 aromatic carbocycles. The maximum atomic E-state index is 14.1. The average molecular weight is 478 g/mol. The molecule has 1 spiro atoms. The number of ketones is 1. The summed E-state index contributed by atoms with van der Waals surface area (Å²) in [6, 6.07) is 17.6. The Balaban J connectivity index is 1.62. The highest BCUT2D eigenvalue weighted by molar-refractivity contribution is 7.99. The Morgan fingerprint density at radius 1 is 1.15 bits per heavy atom. The van der Waals surface area contributed by atoms with Crippen molar-refractivity contribution >= 4 is 46.2 Å². The van der Waals surface area contributed by atoms with Crippen LogP contribution < -0.4 is 5.32 Å². The summed E-state index contributed by atoms with van der Waals surface area (Å²) in [4.78, 5) is 41.8. The van der Waals surface area contributed by atoms with Gasteiger partial charge in [-0.25, -0.2) is 0 Å². The van der Waals surface area contributed by atoms with Crippen LogP contribution in [0.25, 0.3) is 0 Å². The number of carbonyl (C=O) groups excluding carboxylic acids is 2. The van der Waals surface area contributed by atoms with Gasteiger partial charge in [-0.2, -0.15) is 0 Å². The van der Waals surface area contributed by atoms with Gasteiger partial charge in [-0.3, -0.25) is 24.6 Å². The first-order chi connectivity index (χ1) is 16.0. The number of amides is 1. The Hall–Kier alpha value is -3.01. The highest BCUT2D eigenvalue weighted by Gasteiger charge is 2.69. The predicted molar refractivity (Wildman–Crippen MR) is 128 cm³/mol. The lowest BCUT2D eigenvalue weighted by Crippen LogP contribution is -2.52. The number of nitro benzene ring substituents is 1. The molecule has 1 amide bonds. The summed E-state index contributed by atoms with van der Waals surface area (Å²) >= 11 is 3.09. The van der Waals surface area contributed by atoms with Crippen molar-refractivity contribution in [3.05, 3.63) is 92.2 Å². The van der Waals surface area contributed by atoms with Crippen molar-refractivity contribution in [2.45, 2.75) is 17.5 Å². The third-order valence-corrected chi connectivity index (χ3v) is 8.96. The maximum Gasteiger partial charge on any atom is 0.269 e. The molecule has 3 aliphatic rings. The van der Waals surface area contributed by atoms with Crippen LogP contribution in [0.5, 0.6) is 0 Å². The minimum Gasteiger partial charge on any atom is -0.324 e. The second kappa shape index (κ2) is 7.51. The lowest BCUT2D eigenvalue weighted by molar-refractivity contribution is -0.384. The van der Waals surface area contributed by atoms with E-state index >= 15 is 0 Å². The molecule has 0 unspecified atom stereocenters. The fourth-order valence-electron chi connectivity index (χ4n) is 5.82. The first-order valence-corrected chi connectivity index (χ1v) is 12.6. The molecular weight excluding hydrogens is 458 g/mol. The van der Waals surface area contributed by atoms with E-state index in [1.165, 1.54) is 17.4 Å². The van der Waals surface area contributed by atoms with E-state index in [-0.39, 0.29) is 29.3 Å². The van der Waals surface area contributed by atoms with E-state index in [9.17, 15) is 19.7 Å². The van der Waals surface area contributed by atoms with Crippen molar-refractivity contribution < 1.29 is 14.5 Å². The molecule has 33 heavy (non-hydrogen) atoms. The van der Waals surface area contributed by atoms with Crippen LogP contribution >= 0.6 is 23.1 Å². The number of nitrogens with one attached hydrogen (secondary N) is 1. The zero-order valence-corrected chi connectivity index (χ0v) is 19.0. The zero-order valence-electron chi connectivity index (χ0n) is 17.3. The van der Waals surface area contributed by atoms with Crippen LogP contribution in [0.15, 0.2) is 66.0 Å². The van der Waals surface area contributed by atoms with Crippen molar-refractivity contribution in [1.29, 1.82) is 0 Å². The lowest BCUT2D eigenvalue weighted by atomic mass is 9.70. The van der Waals surface area contributed by atoms with Gasteiger partial charge in [0, 0.05) is 47.0 Å². The Labute approximate surface area is 197 Å². The Bertz CT molecular complexity index is 1290. The number of thioether (sulfide) groups is 1. The monoisotopic (exact) mass is 477 g/mol. The van der Waals surface area contributed by atoms with Gasteiger partial charge in [-0.15, -0.1) is 23.1 Å². The Morgan fingerprint density at radius 3 is 2.79 bits per heavy atom. The molecular formula is C24H19N3O4S2. The van der Waals surface area contributed by atoms with Gasteiger partial charge in [0.2, 0.25) is 5.91 Å². The highest BCUT2D eigenvalue weighted by Crippen LogP contribution is 2.61. The second-order valence-corrected chi connectivity index (χ2v) is 10.4. The van der Waals surface area contributed by atoms with Crippen molar-refractivity contribution in [1.82, 2.24) is 4.90 Å². The van der Waals surface area contributed by atoms with E-state index in [2.05, 4.69) is 10.2 Å². The van der Waals surface area contributed by atoms with E-state index in [1.807, 2.05) is 41.8 Å². The number of nitrogens with zero attached hydrogens (tertiary/aromatic N) is 2. The minimum absolute atomic E-state index is 0.00996.